The zero-order valence-corrected chi connectivity index (χ0v) is 50.6. The van der Waals surface area contributed by atoms with Crippen molar-refractivity contribution in [3.63, 3.8) is 0 Å². The first kappa shape index (κ1) is 68.8. The summed E-state index contributed by atoms with van der Waals surface area (Å²) in [5.74, 6) is -4.39. The van der Waals surface area contributed by atoms with Gasteiger partial charge in [-0.05, 0) is 114 Å². The van der Waals surface area contributed by atoms with Gasteiger partial charge in [-0.25, -0.2) is 28.1 Å². The third-order valence-corrected chi connectivity index (χ3v) is 19.2. The number of nitrogen functional groups attached to an aromatic ring is 2. The molecule has 0 unspecified atom stereocenters. The van der Waals surface area contributed by atoms with Crippen molar-refractivity contribution >= 4 is 50.1 Å². The zero-order valence-electron chi connectivity index (χ0n) is 48.8. The van der Waals surface area contributed by atoms with Crippen LogP contribution in [0.4, 0.5) is 38.0 Å². The Morgan fingerprint density at radius 1 is 0.620 bits per heavy atom. The number of halogens is 6. The van der Waals surface area contributed by atoms with Crippen LogP contribution >= 0.6 is 15.5 Å². The van der Waals surface area contributed by atoms with Gasteiger partial charge in [-0.1, -0.05) is 36.4 Å². The maximum absolute atomic E-state index is 14.0. The van der Waals surface area contributed by atoms with E-state index in [-0.39, 0.29) is 85.9 Å². The smallest absolute Gasteiger partial charge is 0.459 e. The Balaban J connectivity index is 0.000000217. The van der Waals surface area contributed by atoms with Crippen LogP contribution < -0.4 is 30.7 Å². The Kier molecular flexibility index (Phi) is 20.9. The number of alkyl halides is 6. The van der Waals surface area contributed by atoms with Crippen molar-refractivity contribution in [1.82, 2.24) is 39.4 Å². The molecule has 6 aromatic rings. The molecule has 10 N–H and O–H groups in total. The van der Waals surface area contributed by atoms with Crippen molar-refractivity contribution in [2.45, 2.75) is 150 Å². The van der Waals surface area contributed by atoms with Crippen molar-refractivity contribution in [1.29, 1.82) is 10.5 Å². The number of para-hydroxylation sites is 2. The van der Waals surface area contributed by atoms with Crippen molar-refractivity contribution < 1.29 is 103 Å². The van der Waals surface area contributed by atoms with Gasteiger partial charge < -0.3 is 59.9 Å². The monoisotopic (exact) mass is 1340 g/mol. The molecule has 2 saturated carbocycles. The van der Waals surface area contributed by atoms with E-state index < -0.39 is 137 Å². The number of fused-ring (bicyclic) bond motifs is 2. The van der Waals surface area contributed by atoms with Gasteiger partial charge in [0, 0.05) is 0 Å². The zero-order chi connectivity index (χ0) is 66.6. The van der Waals surface area contributed by atoms with Gasteiger partial charge in [0.1, 0.15) is 121 Å². The van der Waals surface area contributed by atoms with Gasteiger partial charge in [0.2, 0.25) is 11.2 Å². The number of aromatic nitrogens is 6. The van der Waals surface area contributed by atoms with E-state index in [0.29, 0.717) is 11.0 Å². The summed E-state index contributed by atoms with van der Waals surface area (Å²) in [4.78, 5) is 33.6. The first-order valence-electron chi connectivity index (χ1n) is 28.7. The quantitative estimate of drug-likeness (QED) is 0.0232. The summed E-state index contributed by atoms with van der Waals surface area (Å²) in [6.07, 6.45) is -18.2. The standard InChI is InChI=1S/2C28H32F3N6O8P/c2*1-16(26(40)43-18-9-7-17(8-10-18)28(29,30)31)36-46(41,45-19-5-3-2-4-6-19)42-14-27(13-32)24(39)22(38)23(44-27)20-11-12-21-25(33)34-15-35-37(20)21/h2*2-6,11-12,15-18,22-24,38-39H,7-10,14H2,1H3,(H,36,41)(H2,33,34,35)/t16-,17?,18?,22-,23-,24-,27+,46+;16-,17?,18?,22-,23-,24-,27+,46-/m00/s1. The number of esters is 2. The molecule has 2 aromatic carbocycles. The Labute approximate surface area is 519 Å². The van der Waals surface area contributed by atoms with Gasteiger partial charge in [0.15, 0.2) is 11.6 Å². The number of hydrogen-bond acceptors (Lipinski definition) is 24. The second kappa shape index (κ2) is 28.0. The molecule has 4 fully saturated rings. The average molecular weight is 1340 g/mol. The van der Waals surface area contributed by atoms with Crippen LogP contribution in [-0.2, 0) is 46.7 Å². The summed E-state index contributed by atoms with van der Waals surface area (Å²) in [5, 5.41) is 77.0. The number of carbonyl (C=O) groups is 2. The summed E-state index contributed by atoms with van der Waals surface area (Å²) < 4.78 is 154. The number of aliphatic hydroxyl groups is 4. The van der Waals surface area contributed by atoms with Crippen LogP contribution in [-0.4, -0.2) is 147 Å². The molecule has 496 valence electrons. The normalized spacial score (nSPS) is 28.7. The molecule has 2 saturated heterocycles. The number of benzene rings is 2. The lowest BCUT2D eigenvalue weighted by molar-refractivity contribution is -0.190. The second-order valence-electron chi connectivity index (χ2n) is 22.3. The van der Waals surface area contributed by atoms with Crippen LogP contribution in [0.5, 0.6) is 11.5 Å². The van der Waals surface area contributed by atoms with Crippen LogP contribution in [0, 0.1) is 34.5 Å². The predicted molar refractivity (Wildman–Crippen MR) is 305 cm³/mol. The van der Waals surface area contributed by atoms with Crippen molar-refractivity contribution in [2.75, 3.05) is 24.7 Å². The van der Waals surface area contributed by atoms with E-state index in [1.54, 1.807) is 60.7 Å². The maximum atomic E-state index is 14.0. The number of nitrogens with two attached hydrogens (primary N) is 2. The molecule has 10 rings (SSSR count). The Morgan fingerprint density at radius 3 is 1.29 bits per heavy atom. The van der Waals surface area contributed by atoms with Gasteiger partial charge in [0.25, 0.3) is 0 Å². The van der Waals surface area contributed by atoms with E-state index in [0.717, 1.165) is 0 Å². The molecule has 92 heavy (non-hydrogen) atoms. The minimum atomic E-state index is -4.58. The number of aliphatic hydroxyl groups excluding tert-OH is 4. The third-order valence-electron chi connectivity index (χ3n) is 16.0. The molecule has 4 aliphatic rings. The molecule has 28 nitrogen and oxygen atoms in total. The molecule has 36 heteroatoms. The predicted octanol–water partition coefficient (Wildman–Crippen LogP) is 6.43. The number of anilines is 2. The molecule has 2 aliphatic carbocycles. The molecule has 0 amide bonds. The van der Waals surface area contributed by atoms with Crippen molar-refractivity contribution in [3.8, 4) is 23.6 Å². The average Bonchev–Trinajstić information content (AvgIpc) is 1.61. The fourth-order valence-corrected chi connectivity index (χ4v) is 13.9. The van der Waals surface area contributed by atoms with Gasteiger partial charge in [-0.3, -0.25) is 18.6 Å². The van der Waals surface area contributed by atoms with Gasteiger partial charge in [-0.2, -0.15) is 57.2 Å². The molecule has 0 bridgehead atoms. The molecular weight excluding hydrogens is 1270 g/mol. The van der Waals surface area contributed by atoms with Crippen LogP contribution in [0.2, 0.25) is 0 Å². The van der Waals surface area contributed by atoms with E-state index in [1.807, 2.05) is 0 Å². The number of nitriles is 2. The van der Waals surface area contributed by atoms with Crippen molar-refractivity contribution in [2.24, 2.45) is 11.8 Å². The van der Waals surface area contributed by atoms with Gasteiger partial charge in [0.05, 0.1) is 23.2 Å². The first-order chi connectivity index (χ1) is 43.5. The molecule has 6 heterocycles. The molecule has 2 aliphatic heterocycles. The van der Waals surface area contributed by atoms with E-state index in [4.69, 9.17) is 48.5 Å². The maximum Gasteiger partial charge on any atom is 0.459 e. The largest absolute Gasteiger partial charge is 0.461 e. The van der Waals surface area contributed by atoms with Crippen LogP contribution in [0.25, 0.3) is 11.0 Å². The SMILES string of the molecule is C[C@H](N[P@@](=O)(OC[C@@]1(C#N)O[C@@H](c2ccc3c(N)ncnn23)[C@H](O)[C@@H]1O)Oc1ccccc1)C(=O)OC1CCC(C(F)(F)F)CC1.C[C@H](N[P@](=O)(OC[C@@]1(C#N)O[C@@H](c2ccc3c(N)ncnn23)[C@H](O)[C@@H]1O)Oc1ccccc1)C(=O)OC1CCC(C(F)(F)F)CC1. The molecule has 4 aromatic heterocycles. The van der Waals surface area contributed by atoms with Gasteiger partial charge >= 0.3 is 39.8 Å². The van der Waals surface area contributed by atoms with Crippen molar-refractivity contribution in [3.05, 3.63) is 109 Å². The first-order valence-corrected chi connectivity index (χ1v) is 31.7. The number of nitrogens with zero attached hydrogens (tertiary/aromatic N) is 8. The lowest BCUT2D eigenvalue weighted by Crippen LogP contribution is -2.46. The molecular formula is C56H64F6N12O16P2. The van der Waals surface area contributed by atoms with E-state index >= 15 is 0 Å². The topological polar surface area (TPSA) is 407 Å². The van der Waals surface area contributed by atoms with Crippen LogP contribution in [0.15, 0.2) is 97.6 Å². The van der Waals surface area contributed by atoms with E-state index in [1.165, 1.54) is 71.9 Å². The minimum Gasteiger partial charge on any atom is -0.461 e. The number of rotatable bonds is 20. The van der Waals surface area contributed by atoms with E-state index in [2.05, 4.69) is 30.3 Å². The van der Waals surface area contributed by atoms with E-state index in [9.17, 15) is 76.0 Å². The highest BCUT2D eigenvalue weighted by Crippen LogP contribution is 2.51. The lowest BCUT2D eigenvalue weighted by atomic mass is 9.87. The number of ether oxygens (including phenoxy) is 4. The molecule has 0 spiro atoms. The highest BCUT2D eigenvalue weighted by Gasteiger charge is 2.59. The summed E-state index contributed by atoms with van der Waals surface area (Å²) in [7, 11) is -9.16. The fourth-order valence-electron chi connectivity index (χ4n) is 10.9. The lowest BCUT2D eigenvalue weighted by Gasteiger charge is -2.31. The number of nitrogens with one attached hydrogen (secondary N) is 2. The van der Waals surface area contributed by atoms with Crippen LogP contribution in [0.3, 0.4) is 0 Å². The Bertz CT molecular complexity index is 3500. The minimum absolute atomic E-state index is 0.0102. The third kappa shape index (κ3) is 15.4. The Morgan fingerprint density at radius 2 is 0.967 bits per heavy atom. The summed E-state index contributed by atoms with van der Waals surface area (Å²) in [5.41, 5.74) is 8.44. The summed E-state index contributed by atoms with van der Waals surface area (Å²) in [6.45, 7) is 0.776. The highest BCUT2D eigenvalue weighted by molar-refractivity contribution is 7.52. The molecule has 12 atom stereocenters. The number of carbonyl (C=O) groups excluding carboxylic acids is 2. The number of hydrogen-bond donors (Lipinski definition) is 8. The molecule has 0 radical (unpaired) electrons. The second-order valence-corrected chi connectivity index (χ2v) is 25.7. The highest BCUT2D eigenvalue weighted by atomic mass is 31.2. The summed E-state index contributed by atoms with van der Waals surface area (Å²) in [6, 6.07) is 22.5. The van der Waals surface area contributed by atoms with Gasteiger partial charge in [-0.15, -0.1) is 0 Å². The Hall–Kier alpha value is -7.56. The summed E-state index contributed by atoms with van der Waals surface area (Å²) >= 11 is 0. The van der Waals surface area contributed by atoms with Crippen LogP contribution in [0.1, 0.15) is 88.8 Å². The fraction of sp³-hybridized carbons (Fsp3) is 0.500.